The van der Waals surface area contributed by atoms with Crippen LogP contribution in [0.3, 0.4) is 0 Å². The van der Waals surface area contributed by atoms with Crippen molar-refractivity contribution in [3.8, 4) is 0 Å². The third-order valence-corrected chi connectivity index (χ3v) is 16.8. The molecule has 0 saturated carbocycles. The number of ether oxygens (including phenoxy) is 3. The molecule has 1 unspecified atom stereocenters. The lowest BCUT2D eigenvalue weighted by atomic mass is 10.0. The molecule has 0 fully saturated rings. The first kappa shape index (κ1) is 80.4. The molecule has 0 radical (unpaired) electrons. The van der Waals surface area contributed by atoms with Gasteiger partial charge in [0.2, 0.25) is 0 Å². The molecule has 0 N–H and O–H groups in total. The number of carbonyl (C=O) groups excluding carboxylic acids is 3. The highest BCUT2D eigenvalue weighted by Gasteiger charge is 2.19. The van der Waals surface area contributed by atoms with E-state index in [1.165, 1.54) is 295 Å². The second kappa shape index (κ2) is 71.8. The van der Waals surface area contributed by atoms with E-state index in [1.54, 1.807) is 0 Å². The number of allylic oxidation sites excluding steroid dienone is 8. The van der Waals surface area contributed by atoms with Crippen molar-refractivity contribution < 1.29 is 28.6 Å². The van der Waals surface area contributed by atoms with Crippen molar-refractivity contribution in [2.24, 2.45) is 0 Å². The van der Waals surface area contributed by atoms with Crippen LogP contribution in [0, 0.1) is 0 Å². The third-order valence-electron chi connectivity index (χ3n) is 16.8. The minimum Gasteiger partial charge on any atom is -0.462 e. The average Bonchev–Trinajstić information content (AvgIpc) is 3.48. The largest absolute Gasteiger partial charge is 0.462 e. The maximum Gasteiger partial charge on any atom is 0.306 e. The van der Waals surface area contributed by atoms with Gasteiger partial charge in [0.25, 0.3) is 0 Å². The fourth-order valence-corrected chi connectivity index (χ4v) is 11.2. The summed E-state index contributed by atoms with van der Waals surface area (Å²) in [6, 6.07) is 0. The Hall–Kier alpha value is -2.63. The maximum absolute atomic E-state index is 13.0. The van der Waals surface area contributed by atoms with Gasteiger partial charge in [-0.15, -0.1) is 0 Å². The molecule has 0 rings (SSSR count). The van der Waals surface area contributed by atoms with Crippen molar-refractivity contribution in [2.75, 3.05) is 13.2 Å². The summed E-state index contributed by atoms with van der Waals surface area (Å²) in [7, 11) is 0. The minimum absolute atomic E-state index is 0.0681. The molecule has 0 heterocycles. The lowest BCUT2D eigenvalue weighted by Gasteiger charge is -2.18. The highest BCUT2D eigenvalue weighted by atomic mass is 16.6. The van der Waals surface area contributed by atoms with Crippen LogP contribution in [0.2, 0.25) is 0 Å². The molecule has 1 atom stereocenters. The lowest BCUT2D eigenvalue weighted by molar-refractivity contribution is -0.167. The molecule has 486 valence electrons. The Morgan fingerprint density at radius 1 is 0.241 bits per heavy atom. The summed E-state index contributed by atoms with van der Waals surface area (Å²) in [5.74, 6) is -0.842. The van der Waals surface area contributed by atoms with E-state index in [-0.39, 0.29) is 31.1 Å². The van der Waals surface area contributed by atoms with Crippen LogP contribution in [0.25, 0.3) is 0 Å². The van der Waals surface area contributed by atoms with E-state index in [4.69, 9.17) is 14.2 Å². The molecule has 0 aliphatic carbocycles. The Kier molecular flexibility index (Phi) is 69.6. The van der Waals surface area contributed by atoms with Crippen LogP contribution in [0.5, 0.6) is 0 Å². The van der Waals surface area contributed by atoms with Crippen LogP contribution in [-0.4, -0.2) is 37.2 Å². The van der Waals surface area contributed by atoms with Gasteiger partial charge in [-0.25, -0.2) is 0 Å². The summed E-state index contributed by atoms with van der Waals surface area (Å²) in [4.78, 5) is 38.4. The van der Waals surface area contributed by atoms with E-state index in [1.807, 2.05) is 0 Å². The topological polar surface area (TPSA) is 78.9 Å². The molecular formula is C77H142O6. The third kappa shape index (κ3) is 70.0. The van der Waals surface area contributed by atoms with Crippen LogP contribution in [0.1, 0.15) is 406 Å². The van der Waals surface area contributed by atoms with Gasteiger partial charge in [-0.2, -0.15) is 0 Å². The summed E-state index contributed by atoms with van der Waals surface area (Å²) in [6.45, 7) is 6.68. The van der Waals surface area contributed by atoms with Crippen LogP contribution in [0.4, 0.5) is 0 Å². The van der Waals surface area contributed by atoms with Crippen molar-refractivity contribution >= 4 is 17.9 Å². The van der Waals surface area contributed by atoms with Crippen LogP contribution >= 0.6 is 0 Å². The van der Waals surface area contributed by atoms with Crippen molar-refractivity contribution in [3.05, 3.63) is 48.6 Å². The molecule has 0 aliphatic rings. The molecule has 83 heavy (non-hydrogen) atoms. The van der Waals surface area contributed by atoms with E-state index < -0.39 is 6.10 Å². The predicted molar refractivity (Wildman–Crippen MR) is 362 cm³/mol. The number of hydrogen-bond donors (Lipinski definition) is 0. The Bertz CT molecular complexity index is 1430. The predicted octanol–water partition coefficient (Wildman–Crippen LogP) is 25.7. The molecular weight excluding hydrogens is 1020 g/mol. The summed E-state index contributed by atoms with van der Waals surface area (Å²) < 4.78 is 17.0. The summed E-state index contributed by atoms with van der Waals surface area (Å²) in [5.41, 5.74) is 0. The number of esters is 3. The highest BCUT2D eigenvalue weighted by Crippen LogP contribution is 2.19. The van der Waals surface area contributed by atoms with Gasteiger partial charge in [-0.05, 0) is 83.5 Å². The van der Waals surface area contributed by atoms with Crippen LogP contribution in [0.15, 0.2) is 48.6 Å². The molecule has 0 saturated heterocycles. The number of carbonyl (C=O) groups is 3. The van der Waals surface area contributed by atoms with Crippen molar-refractivity contribution in [3.63, 3.8) is 0 Å². The molecule has 0 aliphatic heterocycles. The SMILES string of the molecule is CCCCCCC/C=C\C/C=C\CCCCCCCCCCCCCCCCCCCCCC(=O)OCC(COC(=O)CCCCCCCCCCCCC)OC(=O)CCCCCCCCCCCCC/C=C\C/C=C\CCCCCCC. The van der Waals surface area contributed by atoms with Gasteiger partial charge in [-0.1, -0.05) is 352 Å². The van der Waals surface area contributed by atoms with Gasteiger partial charge in [0.1, 0.15) is 13.2 Å². The maximum atomic E-state index is 13.0. The highest BCUT2D eigenvalue weighted by molar-refractivity contribution is 5.71. The summed E-state index contributed by atoms with van der Waals surface area (Å²) in [5, 5.41) is 0. The summed E-state index contributed by atoms with van der Waals surface area (Å²) in [6.07, 6.45) is 91.6. The molecule has 0 aromatic carbocycles. The second-order valence-electron chi connectivity index (χ2n) is 25.2. The Labute approximate surface area is 518 Å². The first-order valence-electron chi connectivity index (χ1n) is 37.1. The van der Waals surface area contributed by atoms with E-state index in [2.05, 4.69) is 69.4 Å². The normalized spacial score (nSPS) is 12.3. The lowest BCUT2D eigenvalue weighted by Crippen LogP contribution is -2.30. The zero-order valence-electron chi connectivity index (χ0n) is 56.0. The van der Waals surface area contributed by atoms with Gasteiger partial charge in [0.15, 0.2) is 6.10 Å². The first-order chi connectivity index (χ1) is 41.0. The number of hydrogen-bond acceptors (Lipinski definition) is 6. The fourth-order valence-electron chi connectivity index (χ4n) is 11.2. The van der Waals surface area contributed by atoms with Gasteiger partial charge < -0.3 is 14.2 Å². The van der Waals surface area contributed by atoms with Gasteiger partial charge in [0.05, 0.1) is 0 Å². The van der Waals surface area contributed by atoms with Crippen LogP contribution in [-0.2, 0) is 28.6 Å². The van der Waals surface area contributed by atoms with Crippen molar-refractivity contribution in [1.29, 1.82) is 0 Å². The Morgan fingerprint density at radius 3 is 0.663 bits per heavy atom. The monoisotopic (exact) mass is 1160 g/mol. The standard InChI is InChI=1S/C77H142O6/c1-4-7-10-13-16-19-22-24-26-28-30-32-34-35-36-37-38-39-40-41-43-44-46-48-50-52-55-58-61-64-67-70-76(79)82-73-74(72-81-75(78)69-66-63-60-57-54-21-18-15-12-9-6-3)83-77(80)71-68-65-62-59-56-53-51-49-47-45-42-33-31-29-27-25-23-20-17-14-11-8-5-2/h22-25,28-31,74H,4-21,26-27,32-73H2,1-3H3/b24-22-,25-23-,30-28-,31-29-. The molecule has 6 heteroatoms. The molecule has 0 spiro atoms. The van der Waals surface area contributed by atoms with Gasteiger partial charge in [-0.3, -0.25) is 14.4 Å². The van der Waals surface area contributed by atoms with E-state index in [0.717, 1.165) is 70.6 Å². The van der Waals surface area contributed by atoms with E-state index in [0.29, 0.717) is 19.3 Å². The zero-order chi connectivity index (χ0) is 59.9. The first-order valence-corrected chi connectivity index (χ1v) is 37.1. The van der Waals surface area contributed by atoms with Crippen molar-refractivity contribution in [2.45, 2.75) is 412 Å². The number of unbranched alkanes of at least 4 members (excludes halogenated alkanes) is 50. The molecule has 0 amide bonds. The van der Waals surface area contributed by atoms with Crippen LogP contribution < -0.4 is 0 Å². The molecule has 0 aromatic heterocycles. The Morgan fingerprint density at radius 2 is 0.434 bits per heavy atom. The molecule has 6 nitrogen and oxygen atoms in total. The van der Waals surface area contributed by atoms with Crippen molar-refractivity contribution in [1.82, 2.24) is 0 Å². The molecule has 0 bridgehead atoms. The minimum atomic E-state index is -0.772. The Balaban J connectivity index is 4.13. The second-order valence-corrected chi connectivity index (χ2v) is 25.2. The van der Waals surface area contributed by atoms with Gasteiger partial charge in [0, 0.05) is 19.3 Å². The number of rotatable bonds is 69. The van der Waals surface area contributed by atoms with Gasteiger partial charge >= 0.3 is 17.9 Å². The fraction of sp³-hybridized carbons (Fsp3) is 0.857. The smallest absolute Gasteiger partial charge is 0.306 e. The summed E-state index contributed by atoms with van der Waals surface area (Å²) >= 11 is 0. The quantitative estimate of drug-likeness (QED) is 0.0261. The van der Waals surface area contributed by atoms with E-state index in [9.17, 15) is 14.4 Å². The zero-order valence-corrected chi connectivity index (χ0v) is 56.0. The average molecular weight is 1160 g/mol. The van der Waals surface area contributed by atoms with E-state index >= 15 is 0 Å². The molecule has 0 aromatic rings.